The predicted molar refractivity (Wildman–Crippen MR) is 49.7 cm³/mol. The standard InChI is InChI=1S/C9H8N4/c1-7-8(12-5-10)3-2-4-9(7)13-6-11/h2-4,12-13H,1H3. The molecule has 64 valence electrons. The van der Waals surface area contributed by atoms with Crippen molar-refractivity contribution in [3.05, 3.63) is 23.8 Å². The topological polar surface area (TPSA) is 71.6 Å². The minimum atomic E-state index is 0.711. The largest absolute Gasteiger partial charge is 0.292 e. The van der Waals surface area contributed by atoms with E-state index in [1.165, 1.54) is 0 Å². The second kappa shape index (κ2) is 3.99. The second-order valence-corrected chi connectivity index (χ2v) is 2.45. The van der Waals surface area contributed by atoms with E-state index in [9.17, 15) is 0 Å². The number of benzene rings is 1. The Labute approximate surface area is 76.4 Å². The third-order valence-corrected chi connectivity index (χ3v) is 1.71. The maximum absolute atomic E-state index is 8.42. The molecule has 0 amide bonds. The number of nitrogens with one attached hydrogen (secondary N) is 2. The molecule has 0 aliphatic rings. The molecule has 0 aliphatic heterocycles. The van der Waals surface area contributed by atoms with Gasteiger partial charge in [0.15, 0.2) is 12.4 Å². The predicted octanol–water partition coefficient (Wildman–Crippen LogP) is 1.78. The van der Waals surface area contributed by atoms with Gasteiger partial charge in [-0.25, -0.2) is 0 Å². The van der Waals surface area contributed by atoms with Crippen molar-refractivity contribution in [2.75, 3.05) is 10.6 Å². The highest BCUT2D eigenvalue weighted by Gasteiger charge is 2.01. The summed E-state index contributed by atoms with van der Waals surface area (Å²) in [5, 5.41) is 21.9. The first-order valence-corrected chi connectivity index (χ1v) is 3.69. The molecule has 0 unspecified atom stereocenters. The summed E-state index contributed by atoms with van der Waals surface area (Å²) in [5.74, 6) is 0. The average Bonchev–Trinajstić information content (AvgIpc) is 2.13. The van der Waals surface area contributed by atoms with Gasteiger partial charge in [-0.15, -0.1) is 0 Å². The molecule has 0 fully saturated rings. The molecule has 1 aromatic rings. The maximum Gasteiger partial charge on any atom is 0.181 e. The highest BCUT2D eigenvalue weighted by Crippen LogP contribution is 2.22. The van der Waals surface area contributed by atoms with Gasteiger partial charge in [0, 0.05) is 0 Å². The average molecular weight is 172 g/mol. The van der Waals surface area contributed by atoms with Gasteiger partial charge in [0.2, 0.25) is 0 Å². The van der Waals surface area contributed by atoms with Gasteiger partial charge < -0.3 is 0 Å². The van der Waals surface area contributed by atoms with Crippen molar-refractivity contribution in [3.63, 3.8) is 0 Å². The van der Waals surface area contributed by atoms with Crippen molar-refractivity contribution in [2.45, 2.75) is 6.92 Å². The SMILES string of the molecule is Cc1c(NC#N)cccc1NC#N. The van der Waals surface area contributed by atoms with Crippen LogP contribution in [-0.4, -0.2) is 0 Å². The molecule has 0 atom stereocenters. The van der Waals surface area contributed by atoms with Gasteiger partial charge in [-0.05, 0) is 24.6 Å². The van der Waals surface area contributed by atoms with E-state index >= 15 is 0 Å². The zero-order valence-electron chi connectivity index (χ0n) is 7.13. The lowest BCUT2D eigenvalue weighted by atomic mass is 10.1. The molecule has 2 N–H and O–H groups in total. The Morgan fingerprint density at radius 3 is 1.92 bits per heavy atom. The van der Waals surface area contributed by atoms with Crippen LogP contribution in [0.4, 0.5) is 11.4 Å². The summed E-state index contributed by atoms with van der Waals surface area (Å²) in [6.07, 6.45) is 3.67. The van der Waals surface area contributed by atoms with E-state index in [1.54, 1.807) is 18.2 Å². The molecule has 13 heavy (non-hydrogen) atoms. The molecule has 0 bridgehead atoms. The number of anilines is 2. The monoisotopic (exact) mass is 172 g/mol. The van der Waals surface area contributed by atoms with Crippen molar-refractivity contribution in [1.29, 1.82) is 10.5 Å². The van der Waals surface area contributed by atoms with E-state index in [1.807, 2.05) is 19.3 Å². The molecule has 0 aromatic heterocycles. The van der Waals surface area contributed by atoms with Gasteiger partial charge in [0.1, 0.15) is 0 Å². The number of hydrogen-bond donors (Lipinski definition) is 2. The van der Waals surface area contributed by atoms with Gasteiger partial charge in [0.05, 0.1) is 11.4 Å². The van der Waals surface area contributed by atoms with Crippen LogP contribution in [0.5, 0.6) is 0 Å². The second-order valence-electron chi connectivity index (χ2n) is 2.45. The highest BCUT2D eigenvalue weighted by atomic mass is 14.9. The lowest BCUT2D eigenvalue weighted by Gasteiger charge is -2.06. The summed E-state index contributed by atoms with van der Waals surface area (Å²) < 4.78 is 0. The van der Waals surface area contributed by atoms with E-state index in [4.69, 9.17) is 10.5 Å². The van der Waals surface area contributed by atoms with Crippen molar-refractivity contribution >= 4 is 11.4 Å². The zero-order chi connectivity index (χ0) is 9.68. The quantitative estimate of drug-likeness (QED) is 0.527. The van der Waals surface area contributed by atoms with Crippen LogP contribution in [0.15, 0.2) is 18.2 Å². The lowest BCUT2D eigenvalue weighted by molar-refractivity contribution is 1.39. The van der Waals surface area contributed by atoms with Crippen LogP contribution in [0.1, 0.15) is 5.56 Å². The minimum absolute atomic E-state index is 0.711. The molecule has 0 spiro atoms. The minimum Gasteiger partial charge on any atom is -0.292 e. The third kappa shape index (κ3) is 1.88. The summed E-state index contributed by atoms with van der Waals surface area (Å²) in [5.41, 5.74) is 2.27. The van der Waals surface area contributed by atoms with E-state index in [-0.39, 0.29) is 0 Å². The fourth-order valence-corrected chi connectivity index (χ4v) is 1.03. The Kier molecular flexibility index (Phi) is 2.73. The first-order chi connectivity index (χ1) is 6.29. The molecule has 0 radical (unpaired) electrons. The van der Waals surface area contributed by atoms with Crippen LogP contribution in [0.3, 0.4) is 0 Å². The summed E-state index contributed by atoms with van der Waals surface area (Å²) >= 11 is 0. The highest BCUT2D eigenvalue weighted by molar-refractivity contribution is 5.67. The molecule has 4 heteroatoms. The Balaban J connectivity index is 3.06. The molecule has 0 saturated heterocycles. The molecule has 1 rings (SSSR count). The normalized spacial score (nSPS) is 8.23. The zero-order valence-corrected chi connectivity index (χ0v) is 7.13. The van der Waals surface area contributed by atoms with Crippen molar-refractivity contribution in [2.24, 2.45) is 0 Å². The first kappa shape index (κ1) is 8.89. The fourth-order valence-electron chi connectivity index (χ4n) is 1.03. The lowest BCUT2D eigenvalue weighted by Crippen LogP contribution is -1.96. The number of nitrogens with zero attached hydrogens (tertiary/aromatic N) is 2. The number of rotatable bonds is 2. The molecular formula is C9H8N4. The van der Waals surface area contributed by atoms with Crippen molar-refractivity contribution < 1.29 is 0 Å². The fraction of sp³-hybridized carbons (Fsp3) is 0.111. The van der Waals surface area contributed by atoms with Crippen LogP contribution >= 0.6 is 0 Å². The Morgan fingerprint density at radius 2 is 1.54 bits per heavy atom. The third-order valence-electron chi connectivity index (χ3n) is 1.71. The summed E-state index contributed by atoms with van der Waals surface area (Å²) in [7, 11) is 0. The van der Waals surface area contributed by atoms with E-state index < -0.39 is 0 Å². The van der Waals surface area contributed by atoms with Gasteiger partial charge in [-0.1, -0.05) is 6.07 Å². The van der Waals surface area contributed by atoms with E-state index in [0.29, 0.717) is 11.4 Å². The van der Waals surface area contributed by atoms with Crippen LogP contribution in [0.25, 0.3) is 0 Å². The molecule has 0 heterocycles. The molecular weight excluding hydrogens is 164 g/mol. The van der Waals surface area contributed by atoms with Crippen molar-refractivity contribution in [1.82, 2.24) is 0 Å². The van der Waals surface area contributed by atoms with Gasteiger partial charge in [-0.2, -0.15) is 10.5 Å². The first-order valence-electron chi connectivity index (χ1n) is 3.69. The molecule has 4 nitrogen and oxygen atoms in total. The maximum atomic E-state index is 8.42. The van der Waals surface area contributed by atoms with Gasteiger partial charge in [-0.3, -0.25) is 10.6 Å². The molecule has 0 aliphatic carbocycles. The number of hydrogen-bond acceptors (Lipinski definition) is 4. The number of nitriles is 2. The van der Waals surface area contributed by atoms with Crippen LogP contribution in [0.2, 0.25) is 0 Å². The van der Waals surface area contributed by atoms with Crippen LogP contribution < -0.4 is 10.6 Å². The smallest absolute Gasteiger partial charge is 0.181 e. The Morgan fingerprint density at radius 1 is 1.08 bits per heavy atom. The van der Waals surface area contributed by atoms with E-state index in [0.717, 1.165) is 5.56 Å². The molecule has 0 saturated carbocycles. The van der Waals surface area contributed by atoms with E-state index in [2.05, 4.69) is 10.6 Å². The summed E-state index contributed by atoms with van der Waals surface area (Å²) in [6, 6.07) is 5.33. The Bertz CT molecular complexity index is 349. The van der Waals surface area contributed by atoms with Gasteiger partial charge >= 0.3 is 0 Å². The van der Waals surface area contributed by atoms with Crippen LogP contribution in [0, 0.1) is 29.8 Å². The molecule has 1 aromatic carbocycles. The summed E-state index contributed by atoms with van der Waals surface area (Å²) in [6.45, 7) is 1.83. The Hall–Kier alpha value is -2.20. The van der Waals surface area contributed by atoms with Crippen molar-refractivity contribution in [3.8, 4) is 12.4 Å². The van der Waals surface area contributed by atoms with Gasteiger partial charge in [0.25, 0.3) is 0 Å². The van der Waals surface area contributed by atoms with Crippen LogP contribution in [-0.2, 0) is 0 Å². The summed E-state index contributed by atoms with van der Waals surface area (Å²) in [4.78, 5) is 0.